The molecule has 0 spiro atoms. The summed E-state index contributed by atoms with van der Waals surface area (Å²) in [6.45, 7) is 1.95. The summed E-state index contributed by atoms with van der Waals surface area (Å²) in [6.07, 6.45) is 1.57. The Balaban J connectivity index is 1.71. The van der Waals surface area contributed by atoms with Crippen molar-refractivity contribution in [2.75, 3.05) is 19.6 Å². The quantitative estimate of drug-likeness (QED) is 0.610. The zero-order valence-corrected chi connectivity index (χ0v) is 11.7. The molecule has 1 amide bonds. The van der Waals surface area contributed by atoms with Gasteiger partial charge in [0.25, 0.3) is 0 Å². The molecule has 1 aromatic rings. The molecule has 6 nitrogen and oxygen atoms in total. The van der Waals surface area contributed by atoms with Gasteiger partial charge in [0.05, 0.1) is 6.54 Å². The molecule has 0 radical (unpaired) electrons. The van der Waals surface area contributed by atoms with Crippen molar-refractivity contribution in [2.45, 2.75) is 25.4 Å². The lowest BCUT2D eigenvalue weighted by atomic mass is 10.1. The minimum Gasteiger partial charge on any atom is -0.351 e. The summed E-state index contributed by atoms with van der Waals surface area (Å²) in [6, 6.07) is 6.48. The number of rotatable bonds is 6. The number of carbonyl (C=O) groups excluding carboxylic acids is 1. The summed E-state index contributed by atoms with van der Waals surface area (Å²) in [7, 11) is 0. The number of carbonyl (C=O) groups is 1. The van der Waals surface area contributed by atoms with Crippen molar-refractivity contribution >= 4 is 5.91 Å². The first-order valence-corrected chi connectivity index (χ1v) is 6.99. The highest BCUT2D eigenvalue weighted by molar-refractivity contribution is 5.78. The summed E-state index contributed by atoms with van der Waals surface area (Å²) >= 11 is 0. The van der Waals surface area contributed by atoms with Crippen LogP contribution in [0.5, 0.6) is 0 Å². The third kappa shape index (κ3) is 4.78. The molecule has 1 fully saturated rings. The van der Waals surface area contributed by atoms with Gasteiger partial charge in [-0.1, -0.05) is 18.2 Å². The Morgan fingerprint density at radius 2 is 2.05 bits per heavy atom. The Kier molecular flexibility index (Phi) is 5.62. The van der Waals surface area contributed by atoms with Crippen LogP contribution in [0.25, 0.3) is 0 Å². The molecule has 2 rings (SSSR count). The van der Waals surface area contributed by atoms with Gasteiger partial charge in [-0.3, -0.25) is 15.1 Å². The molecule has 1 heterocycles. The van der Waals surface area contributed by atoms with E-state index in [9.17, 15) is 14.1 Å². The molecule has 1 aliphatic heterocycles. The molecule has 21 heavy (non-hydrogen) atoms. The van der Waals surface area contributed by atoms with Crippen LogP contribution in [-0.2, 0) is 11.3 Å². The number of hydrogen-bond acceptors (Lipinski definition) is 4. The van der Waals surface area contributed by atoms with Crippen LogP contribution in [-0.4, -0.2) is 36.5 Å². The van der Waals surface area contributed by atoms with Crippen LogP contribution in [0.2, 0.25) is 0 Å². The van der Waals surface area contributed by atoms with E-state index < -0.39 is 0 Å². The van der Waals surface area contributed by atoms with E-state index in [1.807, 2.05) is 4.90 Å². The summed E-state index contributed by atoms with van der Waals surface area (Å²) < 4.78 is 13.4. The topological polar surface area (TPSA) is 73.8 Å². The first-order valence-electron chi connectivity index (χ1n) is 6.99. The van der Waals surface area contributed by atoms with Gasteiger partial charge in [-0.05, 0) is 18.9 Å². The number of amides is 1. The lowest BCUT2D eigenvalue weighted by molar-refractivity contribution is -0.122. The van der Waals surface area contributed by atoms with E-state index in [1.165, 1.54) is 6.07 Å². The van der Waals surface area contributed by atoms with Crippen molar-refractivity contribution in [1.29, 1.82) is 0 Å². The van der Waals surface area contributed by atoms with Crippen LogP contribution in [0, 0.1) is 10.7 Å². The third-order valence-electron chi connectivity index (χ3n) is 3.62. The Morgan fingerprint density at radius 3 is 2.71 bits per heavy atom. The molecule has 1 saturated heterocycles. The Hall–Kier alpha value is -2.02. The Labute approximate surface area is 122 Å². The summed E-state index contributed by atoms with van der Waals surface area (Å²) in [5, 5.41) is 5.40. The van der Waals surface area contributed by atoms with Crippen molar-refractivity contribution < 1.29 is 9.18 Å². The fourth-order valence-electron chi connectivity index (χ4n) is 2.39. The second-order valence-corrected chi connectivity index (χ2v) is 5.14. The molecule has 0 bridgehead atoms. The maximum absolute atomic E-state index is 13.4. The molecule has 0 aliphatic carbocycles. The molecule has 0 saturated carbocycles. The van der Waals surface area contributed by atoms with E-state index in [2.05, 4.69) is 16.0 Å². The van der Waals surface area contributed by atoms with Gasteiger partial charge in [0.2, 0.25) is 5.91 Å². The summed E-state index contributed by atoms with van der Waals surface area (Å²) in [5.74, 6) is -0.441. The van der Waals surface area contributed by atoms with E-state index in [0.717, 1.165) is 25.9 Å². The SMILES string of the molecule is O=NNC1CCN(CC(=O)NCc2ccccc2F)CC1. The van der Waals surface area contributed by atoms with E-state index in [1.54, 1.807) is 18.2 Å². The van der Waals surface area contributed by atoms with Crippen LogP contribution >= 0.6 is 0 Å². The number of likely N-dealkylation sites (tertiary alicyclic amines) is 1. The van der Waals surface area contributed by atoms with Crippen LogP contribution in [0.3, 0.4) is 0 Å². The van der Waals surface area contributed by atoms with Gasteiger partial charge >= 0.3 is 0 Å². The molecule has 114 valence electrons. The van der Waals surface area contributed by atoms with Gasteiger partial charge in [-0.2, -0.15) is 0 Å². The first-order chi connectivity index (χ1) is 10.2. The fourth-order valence-corrected chi connectivity index (χ4v) is 2.39. The van der Waals surface area contributed by atoms with Crippen LogP contribution in [0.4, 0.5) is 4.39 Å². The smallest absolute Gasteiger partial charge is 0.234 e. The molecular formula is C14H19FN4O2. The number of nitrogens with one attached hydrogen (secondary N) is 2. The van der Waals surface area contributed by atoms with Gasteiger partial charge < -0.3 is 5.32 Å². The monoisotopic (exact) mass is 294 g/mol. The number of nitroso groups, excluding NO2 is 1. The Bertz CT molecular complexity index is 490. The predicted octanol–water partition coefficient (Wildman–Crippen LogP) is 1.18. The maximum Gasteiger partial charge on any atom is 0.234 e. The maximum atomic E-state index is 13.4. The van der Waals surface area contributed by atoms with Gasteiger partial charge in [0, 0.05) is 36.5 Å². The van der Waals surface area contributed by atoms with Crippen LogP contribution < -0.4 is 10.7 Å². The van der Waals surface area contributed by atoms with Crippen LogP contribution in [0.1, 0.15) is 18.4 Å². The second-order valence-electron chi connectivity index (χ2n) is 5.14. The highest BCUT2D eigenvalue weighted by atomic mass is 19.1. The van der Waals surface area contributed by atoms with E-state index in [-0.39, 0.29) is 30.9 Å². The lowest BCUT2D eigenvalue weighted by Gasteiger charge is -2.30. The molecule has 0 atom stereocenters. The number of halogens is 1. The van der Waals surface area contributed by atoms with Crippen LogP contribution in [0.15, 0.2) is 29.6 Å². The molecule has 0 aromatic heterocycles. The largest absolute Gasteiger partial charge is 0.351 e. The van der Waals surface area contributed by atoms with E-state index in [4.69, 9.17) is 0 Å². The zero-order chi connectivity index (χ0) is 15.1. The summed E-state index contributed by atoms with van der Waals surface area (Å²) in [4.78, 5) is 24.0. The second kappa shape index (κ2) is 7.68. The van der Waals surface area contributed by atoms with Crippen molar-refractivity contribution in [2.24, 2.45) is 5.29 Å². The number of piperidine rings is 1. The van der Waals surface area contributed by atoms with Gasteiger partial charge in [0.15, 0.2) is 0 Å². The molecule has 7 heteroatoms. The molecular weight excluding hydrogens is 275 g/mol. The van der Waals surface area contributed by atoms with Gasteiger partial charge in [0.1, 0.15) is 5.82 Å². The molecule has 2 N–H and O–H groups in total. The fraction of sp³-hybridized carbons (Fsp3) is 0.500. The molecule has 0 unspecified atom stereocenters. The van der Waals surface area contributed by atoms with Gasteiger partial charge in [-0.25, -0.2) is 4.39 Å². The average molecular weight is 294 g/mol. The highest BCUT2D eigenvalue weighted by Gasteiger charge is 2.20. The van der Waals surface area contributed by atoms with Crippen molar-refractivity contribution in [3.63, 3.8) is 0 Å². The number of hydrogen-bond donors (Lipinski definition) is 2. The van der Waals surface area contributed by atoms with Crippen molar-refractivity contribution in [1.82, 2.24) is 15.6 Å². The highest BCUT2D eigenvalue weighted by Crippen LogP contribution is 2.10. The molecule has 1 aliphatic rings. The van der Waals surface area contributed by atoms with E-state index >= 15 is 0 Å². The average Bonchev–Trinajstić information content (AvgIpc) is 2.49. The van der Waals surface area contributed by atoms with Gasteiger partial charge in [-0.15, -0.1) is 4.91 Å². The van der Waals surface area contributed by atoms with Crippen molar-refractivity contribution in [3.8, 4) is 0 Å². The Morgan fingerprint density at radius 1 is 1.33 bits per heavy atom. The van der Waals surface area contributed by atoms with E-state index in [0.29, 0.717) is 5.56 Å². The summed E-state index contributed by atoms with van der Waals surface area (Å²) in [5.41, 5.74) is 2.99. The molecule has 1 aromatic carbocycles. The minimum atomic E-state index is -0.314. The lowest BCUT2D eigenvalue weighted by Crippen LogP contribution is -2.45. The minimum absolute atomic E-state index is 0.0974. The predicted molar refractivity (Wildman–Crippen MR) is 76.6 cm³/mol. The standard InChI is InChI=1S/C14H19FN4O2/c15-13-4-2-1-3-11(13)9-16-14(20)10-19-7-5-12(6-8-19)17-18-21/h1-4,12H,5-10H2,(H,16,20)(H,17,21). The van der Waals surface area contributed by atoms with Crippen molar-refractivity contribution in [3.05, 3.63) is 40.6 Å². The normalized spacial score (nSPS) is 16.4. The first kappa shape index (κ1) is 15.4. The third-order valence-corrected chi connectivity index (χ3v) is 3.62. The number of benzene rings is 1. The zero-order valence-electron chi connectivity index (χ0n) is 11.7. The number of nitrogens with zero attached hydrogens (tertiary/aromatic N) is 2.